The van der Waals surface area contributed by atoms with Crippen molar-refractivity contribution in [3.8, 4) is 0 Å². The molecular weight excluding hydrogens is 238 g/mol. The van der Waals surface area contributed by atoms with Gasteiger partial charge >= 0.3 is 0 Å². The molecule has 1 aromatic rings. The van der Waals surface area contributed by atoms with Gasteiger partial charge in [-0.1, -0.05) is 12.8 Å². The quantitative estimate of drug-likeness (QED) is 0.904. The molecule has 3 unspecified atom stereocenters. The minimum atomic E-state index is -0.101. The van der Waals surface area contributed by atoms with Gasteiger partial charge in [0.15, 0.2) is 0 Å². The Balaban J connectivity index is 1.67. The van der Waals surface area contributed by atoms with Gasteiger partial charge in [0.05, 0.1) is 12.6 Å². The molecule has 3 rings (SSSR count). The van der Waals surface area contributed by atoms with E-state index in [2.05, 4.69) is 14.9 Å². The lowest BCUT2D eigenvalue weighted by molar-refractivity contribution is 0.0195. The van der Waals surface area contributed by atoms with Crippen molar-refractivity contribution in [2.24, 2.45) is 5.92 Å². The number of rotatable bonds is 3. The zero-order chi connectivity index (χ0) is 13.1. The Morgan fingerprint density at radius 3 is 2.68 bits per heavy atom. The average Bonchev–Trinajstić information content (AvgIpc) is 2.88. The van der Waals surface area contributed by atoms with Crippen LogP contribution in [0.1, 0.15) is 44.3 Å². The highest BCUT2D eigenvalue weighted by Crippen LogP contribution is 2.35. The first-order valence-electron chi connectivity index (χ1n) is 7.52. The Labute approximate surface area is 114 Å². The predicted molar refractivity (Wildman–Crippen MR) is 73.4 cm³/mol. The number of hydrogen-bond acceptors (Lipinski definition) is 4. The van der Waals surface area contributed by atoms with Crippen LogP contribution < -0.4 is 0 Å². The van der Waals surface area contributed by atoms with E-state index in [1.54, 1.807) is 0 Å². The van der Waals surface area contributed by atoms with Crippen molar-refractivity contribution < 1.29 is 5.11 Å². The van der Waals surface area contributed by atoms with Crippen LogP contribution in [0, 0.1) is 5.92 Å². The second kappa shape index (κ2) is 5.97. The number of nitrogens with zero attached hydrogens (tertiary/aromatic N) is 3. The summed E-state index contributed by atoms with van der Waals surface area (Å²) in [6, 6.07) is 2.38. The number of aliphatic hydroxyl groups excluding tert-OH is 1. The fourth-order valence-electron chi connectivity index (χ4n) is 3.72. The van der Waals surface area contributed by atoms with Crippen LogP contribution in [-0.4, -0.2) is 38.7 Å². The fourth-order valence-corrected chi connectivity index (χ4v) is 3.72. The van der Waals surface area contributed by atoms with Crippen molar-refractivity contribution in [2.75, 3.05) is 6.54 Å². The summed E-state index contributed by atoms with van der Waals surface area (Å²) in [7, 11) is 0. The Hall–Kier alpha value is -1.00. The minimum absolute atomic E-state index is 0.101. The molecule has 0 bridgehead atoms. The molecular formula is C15H23N3O. The summed E-state index contributed by atoms with van der Waals surface area (Å²) in [5.41, 5.74) is 0. The number of hydrogen-bond donors (Lipinski definition) is 1. The van der Waals surface area contributed by atoms with Gasteiger partial charge in [0, 0.05) is 24.4 Å². The molecule has 3 atom stereocenters. The fraction of sp³-hybridized carbons (Fsp3) is 0.733. The van der Waals surface area contributed by atoms with Gasteiger partial charge in [-0.3, -0.25) is 4.90 Å². The molecule has 2 aliphatic rings. The van der Waals surface area contributed by atoms with Gasteiger partial charge in [-0.25, -0.2) is 9.97 Å². The molecule has 2 heterocycles. The molecule has 4 heteroatoms. The van der Waals surface area contributed by atoms with Crippen LogP contribution in [-0.2, 0) is 6.54 Å². The van der Waals surface area contributed by atoms with Gasteiger partial charge in [-0.2, -0.15) is 0 Å². The molecule has 4 nitrogen and oxygen atoms in total. The third-order valence-corrected chi connectivity index (χ3v) is 4.65. The van der Waals surface area contributed by atoms with Crippen molar-refractivity contribution >= 4 is 0 Å². The van der Waals surface area contributed by atoms with E-state index < -0.39 is 0 Å². The lowest BCUT2D eigenvalue weighted by Crippen LogP contribution is -2.42. The van der Waals surface area contributed by atoms with Crippen molar-refractivity contribution in [3.05, 3.63) is 24.3 Å². The van der Waals surface area contributed by atoms with E-state index in [0.29, 0.717) is 12.0 Å². The minimum Gasteiger partial charge on any atom is -0.393 e. The summed E-state index contributed by atoms with van der Waals surface area (Å²) < 4.78 is 0. The van der Waals surface area contributed by atoms with Gasteiger partial charge in [0.1, 0.15) is 5.82 Å². The van der Waals surface area contributed by atoms with Gasteiger partial charge in [-0.15, -0.1) is 0 Å². The van der Waals surface area contributed by atoms with Crippen LogP contribution >= 0.6 is 0 Å². The highest BCUT2D eigenvalue weighted by molar-refractivity contribution is 4.94. The van der Waals surface area contributed by atoms with Crippen LogP contribution in [0.25, 0.3) is 0 Å². The summed E-state index contributed by atoms with van der Waals surface area (Å²) in [5.74, 6) is 1.36. The van der Waals surface area contributed by atoms with Crippen molar-refractivity contribution in [1.29, 1.82) is 0 Å². The molecule has 1 saturated heterocycles. The zero-order valence-electron chi connectivity index (χ0n) is 11.4. The molecule has 1 N–H and O–H groups in total. The molecule has 104 valence electrons. The molecule has 0 aromatic carbocycles. The molecule has 0 radical (unpaired) electrons. The predicted octanol–water partition coefficient (Wildman–Crippen LogP) is 1.99. The smallest absolute Gasteiger partial charge is 0.142 e. The molecule has 1 aromatic heterocycles. The summed E-state index contributed by atoms with van der Waals surface area (Å²) in [5, 5.41) is 10.3. The summed E-state index contributed by atoms with van der Waals surface area (Å²) >= 11 is 0. The molecule has 1 aliphatic heterocycles. The first-order valence-corrected chi connectivity index (χ1v) is 7.52. The van der Waals surface area contributed by atoms with Crippen LogP contribution in [0.3, 0.4) is 0 Å². The van der Waals surface area contributed by atoms with Gasteiger partial charge in [-0.05, 0) is 38.3 Å². The van der Waals surface area contributed by atoms with Crippen molar-refractivity contribution in [2.45, 2.75) is 57.2 Å². The van der Waals surface area contributed by atoms with Crippen LogP contribution in [0.4, 0.5) is 0 Å². The second-order valence-electron chi connectivity index (χ2n) is 5.86. The van der Waals surface area contributed by atoms with E-state index in [4.69, 9.17) is 0 Å². The molecule has 1 aliphatic carbocycles. The van der Waals surface area contributed by atoms with E-state index in [1.807, 2.05) is 18.5 Å². The van der Waals surface area contributed by atoms with Crippen molar-refractivity contribution in [1.82, 2.24) is 14.9 Å². The van der Waals surface area contributed by atoms with E-state index in [9.17, 15) is 5.11 Å². The SMILES string of the molecule is OC1CCCCC1C1CCCN1Cc1ncccn1. The largest absolute Gasteiger partial charge is 0.393 e. The Morgan fingerprint density at radius 2 is 1.89 bits per heavy atom. The maximum absolute atomic E-state index is 10.3. The third-order valence-electron chi connectivity index (χ3n) is 4.65. The van der Waals surface area contributed by atoms with Crippen LogP contribution in [0.5, 0.6) is 0 Å². The van der Waals surface area contributed by atoms with E-state index in [1.165, 1.54) is 32.1 Å². The first kappa shape index (κ1) is 13.0. The van der Waals surface area contributed by atoms with E-state index >= 15 is 0 Å². The van der Waals surface area contributed by atoms with Gasteiger partial charge in [0.2, 0.25) is 0 Å². The third kappa shape index (κ3) is 2.95. The van der Waals surface area contributed by atoms with E-state index in [0.717, 1.165) is 25.3 Å². The molecule has 19 heavy (non-hydrogen) atoms. The highest BCUT2D eigenvalue weighted by Gasteiger charge is 2.36. The maximum atomic E-state index is 10.3. The van der Waals surface area contributed by atoms with Crippen LogP contribution in [0.2, 0.25) is 0 Å². The molecule has 0 spiro atoms. The second-order valence-corrected chi connectivity index (χ2v) is 5.86. The molecule has 2 fully saturated rings. The van der Waals surface area contributed by atoms with Gasteiger partial charge in [0.25, 0.3) is 0 Å². The monoisotopic (exact) mass is 261 g/mol. The Kier molecular flexibility index (Phi) is 4.09. The van der Waals surface area contributed by atoms with Gasteiger partial charge < -0.3 is 5.11 Å². The first-order chi connectivity index (χ1) is 9.34. The average molecular weight is 261 g/mol. The van der Waals surface area contributed by atoms with Crippen LogP contribution in [0.15, 0.2) is 18.5 Å². The molecule has 1 saturated carbocycles. The standard InChI is InChI=1S/C15H23N3O/c19-14-7-2-1-5-12(14)13-6-3-10-18(13)11-15-16-8-4-9-17-15/h4,8-9,12-14,19H,1-3,5-7,10-11H2. The lowest BCUT2D eigenvalue weighted by Gasteiger charge is -2.37. The lowest BCUT2D eigenvalue weighted by atomic mass is 9.80. The normalized spacial score (nSPS) is 32.6. The summed E-state index contributed by atoms with van der Waals surface area (Å²) in [6.07, 6.45) is 10.6. The summed E-state index contributed by atoms with van der Waals surface area (Å²) in [6.45, 7) is 1.95. The number of aromatic nitrogens is 2. The maximum Gasteiger partial charge on any atom is 0.142 e. The topological polar surface area (TPSA) is 49.2 Å². The Morgan fingerprint density at radius 1 is 1.11 bits per heavy atom. The Bertz CT molecular complexity index is 398. The zero-order valence-corrected chi connectivity index (χ0v) is 11.4. The highest BCUT2D eigenvalue weighted by atomic mass is 16.3. The molecule has 0 amide bonds. The van der Waals surface area contributed by atoms with E-state index in [-0.39, 0.29) is 6.10 Å². The van der Waals surface area contributed by atoms with Crippen molar-refractivity contribution in [3.63, 3.8) is 0 Å². The summed E-state index contributed by atoms with van der Waals surface area (Å²) in [4.78, 5) is 11.1. The number of aliphatic hydroxyl groups is 1. The number of likely N-dealkylation sites (tertiary alicyclic amines) is 1.